The fourth-order valence-corrected chi connectivity index (χ4v) is 4.07. The maximum Gasteiger partial charge on any atom is 0.251 e. The van der Waals surface area contributed by atoms with Gasteiger partial charge in [-0.05, 0) is 48.9 Å². The molecule has 0 aliphatic heterocycles. The Morgan fingerprint density at radius 2 is 1.96 bits per heavy atom. The van der Waals surface area contributed by atoms with Crippen LogP contribution in [0.5, 0.6) is 0 Å². The first-order chi connectivity index (χ1) is 12.0. The number of benzene rings is 1. The maximum atomic E-state index is 13.3. The average molecular weight is 356 g/mol. The Hall–Kier alpha value is -2.40. The topological polar surface area (TPSA) is 48.0 Å². The van der Waals surface area contributed by atoms with E-state index in [9.17, 15) is 9.18 Å². The van der Waals surface area contributed by atoms with E-state index >= 15 is 0 Å². The Morgan fingerprint density at radius 1 is 1.24 bits per heavy atom. The molecule has 3 nitrogen and oxygen atoms in total. The molecule has 0 aliphatic carbocycles. The van der Waals surface area contributed by atoms with Gasteiger partial charge in [0.1, 0.15) is 5.82 Å². The number of hydrogen-bond donors (Lipinski definition) is 1. The van der Waals surface area contributed by atoms with Crippen molar-refractivity contribution in [2.24, 2.45) is 5.73 Å². The van der Waals surface area contributed by atoms with Gasteiger partial charge in [-0.3, -0.25) is 4.79 Å². The van der Waals surface area contributed by atoms with Crippen molar-refractivity contribution in [2.75, 3.05) is 0 Å². The lowest BCUT2D eigenvalue weighted by atomic mass is 9.99. The number of carbonyl (C=O) groups excluding carboxylic acids is 1. The van der Waals surface area contributed by atoms with E-state index in [1.807, 2.05) is 13.0 Å². The van der Waals surface area contributed by atoms with Crippen LogP contribution in [-0.2, 0) is 19.4 Å². The number of halogens is 1. The summed E-state index contributed by atoms with van der Waals surface area (Å²) in [6.07, 6.45) is 1.67. The van der Waals surface area contributed by atoms with Crippen LogP contribution < -0.4 is 5.73 Å². The summed E-state index contributed by atoms with van der Waals surface area (Å²) in [7, 11) is 0. The lowest BCUT2D eigenvalue weighted by Gasteiger charge is -2.11. The Morgan fingerprint density at radius 3 is 2.52 bits per heavy atom. The summed E-state index contributed by atoms with van der Waals surface area (Å²) in [6, 6.07) is 10.4. The van der Waals surface area contributed by atoms with E-state index in [0.29, 0.717) is 5.56 Å². The van der Waals surface area contributed by atoms with Gasteiger partial charge in [0.25, 0.3) is 5.91 Å². The van der Waals surface area contributed by atoms with Gasteiger partial charge in [-0.2, -0.15) is 0 Å². The number of hydrogen-bond acceptors (Lipinski definition) is 2. The third-order valence-corrected chi connectivity index (χ3v) is 5.44. The quantitative estimate of drug-likeness (QED) is 0.691. The highest BCUT2D eigenvalue weighted by Crippen LogP contribution is 2.33. The number of thiophene rings is 1. The van der Waals surface area contributed by atoms with Crippen LogP contribution in [0.15, 0.2) is 41.8 Å². The fourth-order valence-electron chi connectivity index (χ4n) is 3.37. The van der Waals surface area contributed by atoms with Gasteiger partial charge in [0.2, 0.25) is 0 Å². The van der Waals surface area contributed by atoms with E-state index in [0.717, 1.165) is 41.9 Å². The van der Waals surface area contributed by atoms with Gasteiger partial charge < -0.3 is 10.3 Å². The van der Waals surface area contributed by atoms with Crippen LogP contribution in [0.2, 0.25) is 0 Å². The Bertz CT molecular complexity index is 880. The highest BCUT2D eigenvalue weighted by atomic mass is 32.1. The molecule has 0 saturated carbocycles. The van der Waals surface area contributed by atoms with Crippen LogP contribution in [0.25, 0.3) is 11.1 Å². The van der Waals surface area contributed by atoms with Crippen LogP contribution in [-0.4, -0.2) is 10.5 Å². The predicted octanol–water partition coefficient (Wildman–Crippen LogP) is 4.57. The lowest BCUT2D eigenvalue weighted by molar-refractivity contribution is 0.1000. The standard InChI is InChI=1S/C20H21FN2OS/c1-3-17-19(14-6-8-15(21)9-7-14)18(20(22)24)13(2)23(17)11-10-16-5-4-12-25-16/h4-9,12H,3,10-11H2,1-2H3,(H2,22,24). The Kier molecular flexibility index (Phi) is 5.04. The van der Waals surface area contributed by atoms with Crippen LogP contribution in [0, 0.1) is 12.7 Å². The first kappa shape index (κ1) is 17.4. The SMILES string of the molecule is CCc1c(-c2ccc(F)cc2)c(C(N)=O)c(C)n1CCc1cccs1. The average Bonchev–Trinajstić information content (AvgIpc) is 3.19. The summed E-state index contributed by atoms with van der Waals surface area (Å²) in [5, 5.41) is 2.07. The van der Waals surface area contributed by atoms with Crippen molar-refractivity contribution in [3.8, 4) is 11.1 Å². The molecule has 25 heavy (non-hydrogen) atoms. The van der Waals surface area contributed by atoms with Gasteiger partial charge in [-0.1, -0.05) is 25.1 Å². The molecular formula is C20H21FN2OS. The number of aryl methyl sites for hydroxylation is 1. The van der Waals surface area contributed by atoms with Crippen molar-refractivity contribution in [3.05, 3.63) is 69.4 Å². The normalized spacial score (nSPS) is 11.0. The molecule has 1 aromatic carbocycles. The van der Waals surface area contributed by atoms with E-state index in [1.165, 1.54) is 17.0 Å². The van der Waals surface area contributed by atoms with Gasteiger partial charge >= 0.3 is 0 Å². The molecule has 5 heteroatoms. The molecule has 2 aromatic heterocycles. The molecule has 0 saturated heterocycles. The molecular weight excluding hydrogens is 335 g/mol. The monoisotopic (exact) mass is 356 g/mol. The van der Waals surface area contributed by atoms with E-state index < -0.39 is 5.91 Å². The minimum Gasteiger partial charge on any atom is -0.366 e. The highest BCUT2D eigenvalue weighted by molar-refractivity contribution is 7.09. The van der Waals surface area contributed by atoms with Crippen molar-refractivity contribution in [3.63, 3.8) is 0 Å². The first-order valence-corrected chi connectivity index (χ1v) is 9.21. The second-order valence-electron chi connectivity index (χ2n) is 5.99. The van der Waals surface area contributed by atoms with Crippen LogP contribution in [0.3, 0.4) is 0 Å². The third kappa shape index (κ3) is 3.37. The molecule has 1 amide bonds. The zero-order valence-corrected chi connectivity index (χ0v) is 15.2. The number of carbonyl (C=O) groups is 1. The van der Waals surface area contributed by atoms with Crippen molar-refractivity contribution in [1.82, 2.24) is 4.57 Å². The van der Waals surface area contributed by atoms with Gasteiger partial charge in [-0.15, -0.1) is 11.3 Å². The van der Waals surface area contributed by atoms with Crippen molar-refractivity contribution < 1.29 is 9.18 Å². The molecule has 2 heterocycles. The molecule has 0 radical (unpaired) electrons. The number of nitrogens with zero attached hydrogens (tertiary/aromatic N) is 1. The summed E-state index contributed by atoms with van der Waals surface area (Å²) in [6.45, 7) is 4.78. The minimum atomic E-state index is -0.443. The molecule has 130 valence electrons. The molecule has 0 bridgehead atoms. The summed E-state index contributed by atoms with van der Waals surface area (Å²) >= 11 is 1.73. The third-order valence-electron chi connectivity index (χ3n) is 4.51. The van der Waals surface area contributed by atoms with E-state index in [1.54, 1.807) is 23.5 Å². The molecule has 0 aliphatic rings. The van der Waals surface area contributed by atoms with Crippen LogP contribution >= 0.6 is 11.3 Å². The first-order valence-electron chi connectivity index (χ1n) is 8.33. The van der Waals surface area contributed by atoms with E-state index in [4.69, 9.17) is 5.73 Å². The summed E-state index contributed by atoms with van der Waals surface area (Å²) in [5.74, 6) is -0.738. The lowest BCUT2D eigenvalue weighted by Crippen LogP contribution is -2.13. The van der Waals surface area contributed by atoms with E-state index in [2.05, 4.69) is 22.9 Å². The zero-order valence-electron chi connectivity index (χ0n) is 14.4. The summed E-state index contributed by atoms with van der Waals surface area (Å²) < 4.78 is 15.5. The molecule has 3 rings (SSSR count). The summed E-state index contributed by atoms with van der Waals surface area (Å²) in [5.41, 5.74) is 9.82. The van der Waals surface area contributed by atoms with Crippen molar-refractivity contribution >= 4 is 17.2 Å². The van der Waals surface area contributed by atoms with Crippen LogP contribution in [0.1, 0.15) is 33.5 Å². The van der Waals surface area contributed by atoms with Gasteiger partial charge in [-0.25, -0.2) is 4.39 Å². The predicted molar refractivity (Wildman–Crippen MR) is 100 cm³/mol. The molecule has 0 unspecified atom stereocenters. The van der Waals surface area contributed by atoms with Gasteiger partial charge in [0.05, 0.1) is 5.56 Å². The summed E-state index contributed by atoms with van der Waals surface area (Å²) in [4.78, 5) is 13.4. The minimum absolute atomic E-state index is 0.295. The zero-order chi connectivity index (χ0) is 18.0. The second kappa shape index (κ2) is 7.23. The Labute approximate surface area is 150 Å². The van der Waals surface area contributed by atoms with Crippen LogP contribution in [0.4, 0.5) is 4.39 Å². The van der Waals surface area contributed by atoms with Crippen molar-refractivity contribution in [2.45, 2.75) is 33.2 Å². The smallest absolute Gasteiger partial charge is 0.251 e. The molecule has 0 spiro atoms. The maximum absolute atomic E-state index is 13.3. The molecule has 2 N–H and O–H groups in total. The number of primary amides is 1. The van der Waals surface area contributed by atoms with E-state index in [-0.39, 0.29) is 5.82 Å². The van der Waals surface area contributed by atoms with Crippen molar-refractivity contribution in [1.29, 1.82) is 0 Å². The largest absolute Gasteiger partial charge is 0.366 e. The number of rotatable bonds is 6. The van der Waals surface area contributed by atoms with Gasteiger partial charge in [0.15, 0.2) is 0 Å². The molecule has 3 aromatic rings. The molecule has 0 fully saturated rings. The molecule has 0 atom stereocenters. The second-order valence-corrected chi connectivity index (χ2v) is 7.02. The number of nitrogens with two attached hydrogens (primary N) is 1. The Balaban J connectivity index is 2.10. The number of aromatic nitrogens is 1. The highest BCUT2D eigenvalue weighted by Gasteiger charge is 2.23. The fraction of sp³-hybridized carbons (Fsp3) is 0.250. The number of amides is 1. The van der Waals surface area contributed by atoms with Gasteiger partial charge in [0, 0.05) is 28.4 Å².